The molecule has 1 spiro atoms. The lowest BCUT2D eigenvalue weighted by molar-refractivity contribution is -0.138. The highest BCUT2D eigenvalue weighted by molar-refractivity contribution is 5.76. The number of halogens is 4. The molecule has 2 aromatic rings. The van der Waals surface area contributed by atoms with Crippen LogP contribution in [0.3, 0.4) is 0 Å². The van der Waals surface area contributed by atoms with Gasteiger partial charge in [-0.3, -0.25) is 5.10 Å². The van der Waals surface area contributed by atoms with Gasteiger partial charge in [-0.15, -0.1) is 0 Å². The molecule has 0 bridgehead atoms. The molecule has 0 radical (unpaired) electrons. The fourth-order valence-corrected chi connectivity index (χ4v) is 5.54. The lowest BCUT2D eigenvalue weighted by Gasteiger charge is -2.59. The molecule has 1 N–H and O–H groups in total. The van der Waals surface area contributed by atoms with Crippen molar-refractivity contribution in [3.63, 3.8) is 0 Å². The smallest absolute Gasteiger partial charge is 0.324 e. The third-order valence-corrected chi connectivity index (χ3v) is 6.93. The van der Waals surface area contributed by atoms with E-state index in [0.29, 0.717) is 32.2 Å². The van der Waals surface area contributed by atoms with Gasteiger partial charge in [0.1, 0.15) is 18.0 Å². The Kier molecular flexibility index (Phi) is 4.71. The number of aromatic nitrogens is 3. The number of aromatic amines is 1. The molecule has 6 nitrogen and oxygen atoms in total. The van der Waals surface area contributed by atoms with E-state index >= 15 is 0 Å². The normalized spacial score (nSPS) is 23.2. The molecular weight excluding hydrogens is 414 g/mol. The van der Waals surface area contributed by atoms with Crippen molar-refractivity contribution in [2.75, 3.05) is 26.2 Å². The van der Waals surface area contributed by atoms with E-state index < -0.39 is 17.6 Å². The van der Waals surface area contributed by atoms with Gasteiger partial charge in [0.2, 0.25) is 0 Å². The average molecular weight is 437 g/mol. The van der Waals surface area contributed by atoms with E-state index in [-0.39, 0.29) is 35.3 Å². The van der Waals surface area contributed by atoms with E-state index in [1.54, 1.807) is 0 Å². The maximum atomic E-state index is 13.3. The van der Waals surface area contributed by atoms with Crippen LogP contribution in [0.4, 0.5) is 22.4 Å². The summed E-state index contributed by atoms with van der Waals surface area (Å²) in [7, 11) is 0. The van der Waals surface area contributed by atoms with E-state index in [1.807, 2.05) is 9.80 Å². The van der Waals surface area contributed by atoms with Gasteiger partial charge < -0.3 is 9.80 Å². The first kappa shape index (κ1) is 20.3. The van der Waals surface area contributed by atoms with Crippen molar-refractivity contribution in [3.05, 3.63) is 47.3 Å². The van der Waals surface area contributed by atoms with Crippen LogP contribution in [0.15, 0.2) is 24.5 Å². The van der Waals surface area contributed by atoms with Gasteiger partial charge in [-0.25, -0.2) is 14.2 Å². The van der Waals surface area contributed by atoms with E-state index in [1.165, 1.54) is 12.4 Å². The molecule has 1 aliphatic carbocycles. The minimum Gasteiger partial charge on any atom is -0.324 e. The summed E-state index contributed by atoms with van der Waals surface area (Å²) < 4.78 is 52.9. The summed E-state index contributed by atoms with van der Waals surface area (Å²) in [6.45, 7) is 2.61. The lowest BCUT2D eigenvalue weighted by Crippen LogP contribution is -2.65. The van der Waals surface area contributed by atoms with Crippen molar-refractivity contribution in [2.24, 2.45) is 11.3 Å². The summed E-state index contributed by atoms with van der Waals surface area (Å²) in [5.41, 5.74) is -0.700. The van der Waals surface area contributed by atoms with Gasteiger partial charge in [0, 0.05) is 37.5 Å². The summed E-state index contributed by atoms with van der Waals surface area (Å²) >= 11 is 0. The minimum absolute atomic E-state index is 0.0222. The zero-order valence-electron chi connectivity index (χ0n) is 16.8. The number of nitrogens with one attached hydrogen (secondary N) is 1. The average Bonchev–Trinajstić information content (AvgIpc) is 3.33. The van der Waals surface area contributed by atoms with Crippen LogP contribution in [0.25, 0.3) is 0 Å². The Morgan fingerprint density at radius 2 is 2.00 bits per heavy atom. The van der Waals surface area contributed by atoms with Gasteiger partial charge in [-0.05, 0) is 49.3 Å². The second kappa shape index (κ2) is 7.20. The molecule has 1 aromatic heterocycles. The second-order valence-corrected chi connectivity index (χ2v) is 9.22. The van der Waals surface area contributed by atoms with Crippen molar-refractivity contribution < 1.29 is 22.4 Å². The first-order valence-corrected chi connectivity index (χ1v) is 10.5. The Hall–Kier alpha value is -2.65. The molecule has 2 aliphatic heterocycles. The van der Waals surface area contributed by atoms with Crippen LogP contribution >= 0.6 is 0 Å². The van der Waals surface area contributed by atoms with Crippen LogP contribution in [0.2, 0.25) is 0 Å². The van der Waals surface area contributed by atoms with Gasteiger partial charge in [-0.1, -0.05) is 6.07 Å². The number of hydrogen-bond donors (Lipinski definition) is 1. The molecule has 3 heterocycles. The molecule has 2 saturated heterocycles. The maximum absolute atomic E-state index is 13.3. The number of benzene rings is 1. The molecule has 10 heteroatoms. The predicted octanol–water partition coefficient (Wildman–Crippen LogP) is 3.83. The first-order chi connectivity index (χ1) is 14.7. The maximum Gasteiger partial charge on any atom is 0.416 e. The first-order valence-electron chi connectivity index (χ1n) is 10.5. The molecule has 1 atom stereocenters. The van der Waals surface area contributed by atoms with Crippen molar-refractivity contribution in [1.82, 2.24) is 25.0 Å². The fraction of sp³-hybridized carbons (Fsp3) is 0.571. The Morgan fingerprint density at radius 3 is 2.68 bits per heavy atom. The molecule has 5 rings (SSSR count). The third kappa shape index (κ3) is 3.76. The molecule has 1 aromatic carbocycles. The topological polar surface area (TPSA) is 65.1 Å². The SMILES string of the molecule is O=C(N1CC[C@H](c2ncn[nH]2)C1)N1CC2(CC(Cc3ccc(F)cc3C(F)(F)F)C2)C1. The van der Waals surface area contributed by atoms with Crippen LogP contribution in [-0.2, 0) is 12.6 Å². The van der Waals surface area contributed by atoms with Crippen LogP contribution < -0.4 is 0 Å². The Morgan fingerprint density at radius 1 is 1.23 bits per heavy atom. The Labute approximate surface area is 176 Å². The van der Waals surface area contributed by atoms with E-state index in [0.717, 1.165) is 31.2 Å². The molecule has 166 valence electrons. The van der Waals surface area contributed by atoms with Crippen LogP contribution in [0, 0.1) is 17.2 Å². The quantitative estimate of drug-likeness (QED) is 0.743. The van der Waals surface area contributed by atoms with Crippen molar-refractivity contribution >= 4 is 6.03 Å². The van der Waals surface area contributed by atoms with Gasteiger partial charge in [-0.2, -0.15) is 18.3 Å². The monoisotopic (exact) mass is 437 g/mol. The molecule has 0 unspecified atom stereocenters. The van der Waals surface area contributed by atoms with E-state index in [4.69, 9.17) is 0 Å². The molecule has 2 amide bonds. The van der Waals surface area contributed by atoms with Gasteiger partial charge in [0.15, 0.2) is 0 Å². The van der Waals surface area contributed by atoms with E-state index in [2.05, 4.69) is 15.2 Å². The summed E-state index contributed by atoms with van der Waals surface area (Å²) in [6.07, 6.45) is -0.358. The number of carbonyl (C=O) groups excluding carboxylic acids is 1. The van der Waals surface area contributed by atoms with Gasteiger partial charge in [0.25, 0.3) is 0 Å². The van der Waals surface area contributed by atoms with Crippen LogP contribution in [0.1, 0.15) is 42.1 Å². The zero-order valence-corrected chi connectivity index (χ0v) is 16.8. The highest BCUT2D eigenvalue weighted by atomic mass is 19.4. The number of hydrogen-bond acceptors (Lipinski definition) is 3. The lowest BCUT2D eigenvalue weighted by atomic mass is 9.56. The number of alkyl halides is 3. The molecular formula is C21H23F4N5O. The van der Waals surface area contributed by atoms with Gasteiger partial charge in [0.05, 0.1) is 5.56 Å². The number of nitrogens with zero attached hydrogens (tertiary/aromatic N) is 4. The van der Waals surface area contributed by atoms with Gasteiger partial charge >= 0.3 is 12.2 Å². The standard InChI is InChI=1S/C21H23F4N5O/c22-16-2-1-14(17(6-16)21(23,24)25)5-13-7-20(8-13)10-30(11-20)19(31)29-4-3-15(9-29)18-26-12-27-28-18/h1-2,6,12-13,15H,3-5,7-11H2,(H,26,27,28)/t15-/m0/s1. The van der Waals surface area contributed by atoms with E-state index in [9.17, 15) is 22.4 Å². The summed E-state index contributed by atoms with van der Waals surface area (Å²) in [5, 5.41) is 6.73. The minimum atomic E-state index is -4.56. The zero-order chi connectivity index (χ0) is 21.8. The van der Waals surface area contributed by atoms with Crippen molar-refractivity contribution in [2.45, 2.75) is 37.8 Å². The number of amides is 2. The Bertz CT molecular complexity index is 963. The molecule has 3 aliphatic rings. The summed E-state index contributed by atoms with van der Waals surface area (Å²) in [5.74, 6) is 0.234. The number of rotatable bonds is 3. The summed E-state index contributed by atoms with van der Waals surface area (Å²) in [6, 6.07) is 2.94. The highest BCUT2D eigenvalue weighted by Crippen LogP contribution is 2.53. The largest absolute Gasteiger partial charge is 0.416 e. The van der Waals surface area contributed by atoms with Crippen LogP contribution in [0.5, 0.6) is 0 Å². The second-order valence-electron chi connectivity index (χ2n) is 9.22. The van der Waals surface area contributed by atoms with Crippen molar-refractivity contribution in [1.29, 1.82) is 0 Å². The summed E-state index contributed by atoms with van der Waals surface area (Å²) in [4.78, 5) is 20.6. The molecule has 1 saturated carbocycles. The van der Waals surface area contributed by atoms with Crippen molar-refractivity contribution in [3.8, 4) is 0 Å². The number of carbonyl (C=O) groups is 1. The Balaban J connectivity index is 1.13. The number of urea groups is 1. The molecule has 31 heavy (non-hydrogen) atoms. The molecule has 3 fully saturated rings. The fourth-order valence-electron chi connectivity index (χ4n) is 5.54. The predicted molar refractivity (Wildman–Crippen MR) is 103 cm³/mol. The number of likely N-dealkylation sites (tertiary alicyclic amines) is 2. The van der Waals surface area contributed by atoms with Crippen LogP contribution in [-0.4, -0.2) is 57.2 Å². The third-order valence-electron chi connectivity index (χ3n) is 6.93. The number of H-pyrrole nitrogens is 1. The highest BCUT2D eigenvalue weighted by Gasteiger charge is 2.54.